The first-order valence-corrected chi connectivity index (χ1v) is 9.20. The predicted molar refractivity (Wildman–Crippen MR) is 105 cm³/mol. The standard InChI is InChI=1S/C21H27NO2.ClH/c1-21(12-23,13-24)22-11-17-10-16-6-2-4-14-8-9-15-5-3-7-18(17)20(15)19(14)16;/h8-10,22-24H,2-7,11-13H2,1H3;1H. The maximum absolute atomic E-state index is 9.54. The summed E-state index contributed by atoms with van der Waals surface area (Å²) in [5.41, 5.74) is 6.73. The molecule has 2 aliphatic carbocycles. The van der Waals surface area contributed by atoms with E-state index >= 15 is 0 Å². The topological polar surface area (TPSA) is 52.5 Å². The normalized spacial score (nSPS) is 16.0. The molecule has 136 valence electrons. The van der Waals surface area contributed by atoms with Crippen molar-refractivity contribution in [1.82, 2.24) is 5.32 Å². The van der Waals surface area contributed by atoms with Crippen LogP contribution in [0.3, 0.4) is 0 Å². The fraction of sp³-hybridized carbons (Fsp3) is 0.524. The van der Waals surface area contributed by atoms with Crippen molar-refractivity contribution in [2.75, 3.05) is 13.2 Å². The Hall–Kier alpha value is -1.13. The van der Waals surface area contributed by atoms with Gasteiger partial charge in [0.25, 0.3) is 0 Å². The Kier molecular flexibility index (Phi) is 5.40. The summed E-state index contributed by atoms with van der Waals surface area (Å²) in [5, 5.41) is 25.5. The van der Waals surface area contributed by atoms with Gasteiger partial charge < -0.3 is 15.5 Å². The molecule has 4 rings (SSSR count). The smallest absolute Gasteiger partial charge is 0.0633 e. The van der Waals surface area contributed by atoms with Crippen molar-refractivity contribution in [2.45, 2.75) is 57.5 Å². The van der Waals surface area contributed by atoms with Gasteiger partial charge in [-0.2, -0.15) is 0 Å². The van der Waals surface area contributed by atoms with Gasteiger partial charge in [-0.05, 0) is 84.0 Å². The van der Waals surface area contributed by atoms with Crippen molar-refractivity contribution in [3.8, 4) is 0 Å². The van der Waals surface area contributed by atoms with Crippen molar-refractivity contribution in [1.29, 1.82) is 0 Å². The number of aliphatic hydroxyl groups excluding tert-OH is 2. The van der Waals surface area contributed by atoms with E-state index in [0.717, 1.165) is 12.8 Å². The molecule has 0 bridgehead atoms. The number of aryl methyl sites for hydroxylation is 4. The Morgan fingerprint density at radius 3 is 2.20 bits per heavy atom. The highest BCUT2D eigenvalue weighted by atomic mass is 35.5. The van der Waals surface area contributed by atoms with Gasteiger partial charge in [-0.15, -0.1) is 12.4 Å². The molecule has 0 amide bonds. The van der Waals surface area contributed by atoms with Gasteiger partial charge in [-0.1, -0.05) is 18.2 Å². The second-order valence-corrected chi connectivity index (χ2v) is 7.74. The Labute approximate surface area is 155 Å². The van der Waals surface area contributed by atoms with Crippen molar-refractivity contribution < 1.29 is 10.2 Å². The molecule has 0 fully saturated rings. The van der Waals surface area contributed by atoms with E-state index in [1.54, 1.807) is 0 Å². The van der Waals surface area contributed by atoms with Crippen LogP contribution < -0.4 is 5.32 Å². The molecule has 0 spiro atoms. The first-order valence-electron chi connectivity index (χ1n) is 9.20. The third-order valence-electron chi connectivity index (χ3n) is 5.91. The average molecular weight is 362 g/mol. The fourth-order valence-corrected chi connectivity index (χ4v) is 4.38. The molecule has 3 nitrogen and oxygen atoms in total. The van der Waals surface area contributed by atoms with Gasteiger partial charge >= 0.3 is 0 Å². The SMILES string of the molecule is CC(CO)(CO)NCc1cc2c3c(ccc4c3c1CCC4)CCC2.Cl. The fourth-order valence-electron chi connectivity index (χ4n) is 4.38. The van der Waals surface area contributed by atoms with E-state index in [9.17, 15) is 10.2 Å². The predicted octanol–water partition coefficient (Wildman–Crippen LogP) is 3.07. The summed E-state index contributed by atoms with van der Waals surface area (Å²) in [6.45, 7) is 2.45. The molecule has 0 heterocycles. The molecule has 0 aromatic heterocycles. The maximum Gasteiger partial charge on any atom is 0.0633 e. The first-order chi connectivity index (χ1) is 11.6. The van der Waals surface area contributed by atoms with E-state index in [0.29, 0.717) is 6.54 Å². The molecule has 4 heteroatoms. The number of rotatable bonds is 5. The molecule has 0 saturated carbocycles. The zero-order valence-electron chi connectivity index (χ0n) is 14.9. The van der Waals surface area contributed by atoms with Crippen LogP contribution in [0.1, 0.15) is 47.6 Å². The number of nitrogens with one attached hydrogen (secondary N) is 1. The molecule has 2 aromatic rings. The molecule has 3 N–H and O–H groups in total. The van der Waals surface area contributed by atoms with E-state index in [4.69, 9.17) is 0 Å². The van der Waals surface area contributed by atoms with Crippen LogP contribution in [0.15, 0.2) is 18.2 Å². The van der Waals surface area contributed by atoms with E-state index in [1.165, 1.54) is 64.3 Å². The average Bonchev–Trinajstić information content (AvgIpc) is 2.64. The first kappa shape index (κ1) is 18.7. The monoisotopic (exact) mass is 361 g/mol. The van der Waals surface area contributed by atoms with Gasteiger partial charge in [0.15, 0.2) is 0 Å². The number of hydrogen-bond acceptors (Lipinski definition) is 3. The molecule has 0 atom stereocenters. The number of aliphatic hydroxyl groups is 2. The van der Waals surface area contributed by atoms with Gasteiger partial charge in [0.1, 0.15) is 0 Å². The number of halogens is 1. The molecule has 2 aromatic carbocycles. The second kappa shape index (κ2) is 7.24. The van der Waals surface area contributed by atoms with E-state index in [1.807, 2.05) is 6.92 Å². The number of benzene rings is 2. The Bertz CT molecular complexity index is 783. The highest BCUT2D eigenvalue weighted by Crippen LogP contribution is 2.39. The van der Waals surface area contributed by atoms with Gasteiger partial charge in [0.05, 0.1) is 18.8 Å². The Morgan fingerprint density at radius 2 is 1.52 bits per heavy atom. The minimum atomic E-state index is -0.627. The maximum atomic E-state index is 9.54. The van der Waals surface area contributed by atoms with Crippen LogP contribution in [0, 0.1) is 0 Å². The van der Waals surface area contributed by atoms with Crippen LogP contribution in [0.25, 0.3) is 10.8 Å². The summed E-state index contributed by atoms with van der Waals surface area (Å²) >= 11 is 0. The summed E-state index contributed by atoms with van der Waals surface area (Å²) in [6, 6.07) is 7.08. The van der Waals surface area contributed by atoms with Crippen molar-refractivity contribution >= 4 is 23.2 Å². The lowest BCUT2D eigenvalue weighted by Crippen LogP contribution is -2.48. The lowest BCUT2D eigenvalue weighted by atomic mass is 9.78. The van der Waals surface area contributed by atoms with Crippen LogP contribution in [-0.4, -0.2) is 29.0 Å². The second-order valence-electron chi connectivity index (χ2n) is 7.74. The minimum Gasteiger partial charge on any atom is -0.394 e. The van der Waals surface area contributed by atoms with Gasteiger partial charge in [0, 0.05) is 6.54 Å². The highest BCUT2D eigenvalue weighted by molar-refractivity contribution is 5.96. The van der Waals surface area contributed by atoms with E-state index in [2.05, 4.69) is 23.5 Å². The zero-order valence-corrected chi connectivity index (χ0v) is 15.7. The summed E-state index contributed by atoms with van der Waals surface area (Å²) in [4.78, 5) is 0. The lowest BCUT2D eigenvalue weighted by Gasteiger charge is -2.30. The van der Waals surface area contributed by atoms with Crippen LogP contribution in [-0.2, 0) is 32.2 Å². The van der Waals surface area contributed by atoms with Crippen molar-refractivity contribution in [2.24, 2.45) is 0 Å². The van der Waals surface area contributed by atoms with Crippen molar-refractivity contribution in [3.63, 3.8) is 0 Å². The molecule has 0 unspecified atom stereocenters. The van der Waals surface area contributed by atoms with E-state index < -0.39 is 5.54 Å². The van der Waals surface area contributed by atoms with Crippen molar-refractivity contribution in [3.05, 3.63) is 46.0 Å². The molecule has 0 saturated heterocycles. The molecule has 0 aliphatic heterocycles. The highest BCUT2D eigenvalue weighted by Gasteiger charge is 2.25. The Balaban J connectivity index is 0.00000182. The van der Waals surface area contributed by atoms with Gasteiger partial charge in [-0.25, -0.2) is 0 Å². The summed E-state index contributed by atoms with van der Waals surface area (Å²) in [6.07, 6.45) is 7.14. The molecular formula is C21H28ClNO2. The van der Waals surface area contributed by atoms with Gasteiger partial charge in [0.2, 0.25) is 0 Å². The van der Waals surface area contributed by atoms with Crippen LogP contribution in [0.2, 0.25) is 0 Å². The largest absolute Gasteiger partial charge is 0.394 e. The molecule has 25 heavy (non-hydrogen) atoms. The third-order valence-corrected chi connectivity index (χ3v) is 5.91. The van der Waals surface area contributed by atoms with Crippen LogP contribution in [0.5, 0.6) is 0 Å². The molecule has 2 aliphatic rings. The van der Waals surface area contributed by atoms with Gasteiger partial charge in [-0.3, -0.25) is 0 Å². The quantitative estimate of drug-likeness (QED) is 0.767. The summed E-state index contributed by atoms with van der Waals surface area (Å²) in [5.74, 6) is 0. The zero-order chi connectivity index (χ0) is 16.7. The summed E-state index contributed by atoms with van der Waals surface area (Å²) in [7, 11) is 0. The number of hydrogen-bond donors (Lipinski definition) is 3. The summed E-state index contributed by atoms with van der Waals surface area (Å²) < 4.78 is 0. The molecular weight excluding hydrogens is 334 g/mol. The minimum absolute atomic E-state index is 0. The van der Waals surface area contributed by atoms with Crippen LogP contribution >= 0.6 is 12.4 Å². The molecule has 0 radical (unpaired) electrons. The Morgan fingerprint density at radius 1 is 0.920 bits per heavy atom. The van der Waals surface area contributed by atoms with Crippen LogP contribution in [0.4, 0.5) is 0 Å². The lowest BCUT2D eigenvalue weighted by molar-refractivity contribution is 0.103. The third kappa shape index (κ3) is 3.19. The van der Waals surface area contributed by atoms with E-state index in [-0.39, 0.29) is 25.6 Å².